The summed E-state index contributed by atoms with van der Waals surface area (Å²) in [7, 11) is 0. The molecule has 0 amide bonds. The van der Waals surface area contributed by atoms with Crippen molar-refractivity contribution in [3.63, 3.8) is 0 Å². The van der Waals surface area contributed by atoms with Gasteiger partial charge in [0.2, 0.25) is 0 Å². The van der Waals surface area contributed by atoms with Gasteiger partial charge in [0.05, 0.1) is 11.5 Å². The maximum absolute atomic E-state index is 10.7. The van der Waals surface area contributed by atoms with Crippen molar-refractivity contribution in [2.75, 3.05) is 0 Å². The number of aliphatic hydroxyl groups excluding tert-OH is 1. The third kappa shape index (κ3) is 4.35. The van der Waals surface area contributed by atoms with Gasteiger partial charge in [-0.15, -0.1) is 0 Å². The minimum absolute atomic E-state index is 0.0451. The van der Waals surface area contributed by atoms with Gasteiger partial charge in [-0.25, -0.2) is 0 Å². The molecule has 0 bridgehead atoms. The van der Waals surface area contributed by atoms with E-state index in [1.165, 1.54) is 12.1 Å². The van der Waals surface area contributed by atoms with Crippen LogP contribution in [-0.2, 0) is 19.7 Å². The summed E-state index contributed by atoms with van der Waals surface area (Å²) in [6.45, 7) is 1.35. The second kappa shape index (κ2) is 7.31. The van der Waals surface area contributed by atoms with Gasteiger partial charge in [0.1, 0.15) is 0 Å². The number of hydrogen-bond acceptors (Lipinski definition) is 4. The third-order valence-corrected chi connectivity index (χ3v) is 3.84. The molecule has 0 saturated carbocycles. The molecule has 0 unspecified atom stereocenters. The van der Waals surface area contributed by atoms with Gasteiger partial charge in [0.25, 0.3) is 5.69 Å². The number of nitrogens with one attached hydrogen (secondary N) is 1. The minimum Gasteiger partial charge on any atom is -0.392 e. The molecule has 110 valence electrons. The van der Waals surface area contributed by atoms with E-state index < -0.39 is 4.92 Å². The SMILES string of the molecule is O=[N+]([O-])c1ccc(CNCc2ccc(CO)cc2)c(Br)c1. The first-order valence-corrected chi connectivity index (χ1v) is 7.21. The van der Waals surface area contributed by atoms with E-state index in [0.29, 0.717) is 13.1 Å². The maximum atomic E-state index is 10.7. The summed E-state index contributed by atoms with van der Waals surface area (Å²) >= 11 is 3.35. The molecule has 0 aliphatic heterocycles. The third-order valence-electron chi connectivity index (χ3n) is 3.10. The Bertz CT molecular complexity index is 629. The maximum Gasteiger partial charge on any atom is 0.270 e. The van der Waals surface area contributed by atoms with Crippen LogP contribution >= 0.6 is 15.9 Å². The number of non-ortho nitro benzene ring substituents is 1. The fourth-order valence-electron chi connectivity index (χ4n) is 1.90. The van der Waals surface area contributed by atoms with E-state index in [2.05, 4.69) is 21.2 Å². The lowest BCUT2D eigenvalue weighted by Crippen LogP contribution is -2.13. The van der Waals surface area contributed by atoms with Crippen LogP contribution in [0, 0.1) is 10.1 Å². The van der Waals surface area contributed by atoms with Gasteiger partial charge >= 0.3 is 0 Å². The van der Waals surface area contributed by atoms with Gasteiger partial charge < -0.3 is 10.4 Å². The van der Waals surface area contributed by atoms with Crippen LogP contribution in [0.3, 0.4) is 0 Å². The first-order valence-electron chi connectivity index (χ1n) is 6.42. The molecule has 0 radical (unpaired) electrons. The zero-order chi connectivity index (χ0) is 15.2. The molecule has 0 saturated heterocycles. The molecular formula is C15H15BrN2O3. The fourth-order valence-corrected chi connectivity index (χ4v) is 2.40. The van der Waals surface area contributed by atoms with Gasteiger partial charge in [-0.3, -0.25) is 10.1 Å². The second-order valence-electron chi connectivity index (χ2n) is 4.61. The van der Waals surface area contributed by atoms with Crippen LogP contribution in [0.4, 0.5) is 5.69 Å². The number of halogens is 1. The van der Waals surface area contributed by atoms with Crippen molar-refractivity contribution in [3.8, 4) is 0 Å². The highest BCUT2D eigenvalue weighted by atomic mass is 79.9. The van der Waals surface area contributed by atoms with Crippen LogP contribution in [0.15, 0.2) is 46.9 Å². The van der Waals surface area contributed by atoms with E-state index in [4.69, 9.17) is 5.11 Å². The van der Waals surface area contributed by atoms with Gasteiger partial charge in [0.15, 0.2) is 0 Å². The molecule has 0 aliphatic rings. The van der Waals surface area contributed by atoms with E-state index in [1.54, 1.807) is 6.07 Å². The number of rotatable bonds is 6. The Labute approximate surface area is 130 Å². The molecule has 21 heavy (non-hydrogen) atoms. The summed E-state index contributed by atoms with van der Waals surface area (Å²) in [4.78, 5) is 10.3. The summed E-state index contributed by atoms with van der Waals surface area (Å²) in [6, 6.07) is 12.4. The number of nitro benzene ring substituents is 1. The highest BCUT2D eigenvalue weighted by molar-refractivity contribution is 9.10. The number of hydrogen-bond donors (Lipinski definition) is 2. The van der Waals surface area contributed by atoms with E-state index >= 15 is 0 Å². The van der Waals surface area contributed by atoms with Crippen molar-refractivity contribution in [1.82, 2.24) is 5.32 Å². The zero-order valence-corrected chi connectivity index (χ0v) is 12.8. The van der Waals surface area contributed by atoms with Crippen LogP contribution in [0.5, 0.6) is 0 Å². The Morgan fingerprint density at radius 2 is 1.76 bits per heavy atom. The van der Waals surface area contributed by atoms with Gasteiger partial charge in [0, 0.05) is 29.7 Å². The van der Waals surface area contributed by atoms with Gasteiger partial charge in [-0.05, 0) is 22.8 Å². The normalized spacial score (nSPS) is 10.6. The van der Waals surface area contributed by atoms with Crippen molar-refractivity contribution in [2.24, 2.45) is 0 Å². The average molecular weight is 351 g/mol. The predicted octanol–water partition coefficient (Wildman–Crippen LogP) is 3.14. The molecular weight excluding hydrogens is 336 g/mol. The fraction of sp³-hybridized carbons (Fsp3) is 0.200. The Morgan fingerprint density at radius 3 is 2.33 bits per heavy atom. The predicted molar refractivity (Wildman–Crippen MR) is 83.7 cm³/mol. The number of aliphatic hydroxyl groups is 1. The molecule has 2 aromatic carbocycles. The molecule has 2 N–H and O–H groups in total. The Morgan fingerprint density at radius 1 is 1.10 bits per heavy atom. The molecule has 2 aromatic rings. The molecule has 6 heteroatoms. The molecule has 0 atom stereocenters. The first kappa shape index (κ1) is 15.6. The van der Waals surface area contributed by atoms with Crippen LogP contribution in [0.25, 0.3) is 0 Å². The Kier molecular flexibility index (Phi) is 5.44. The number of benzene rings is 2. The number of nitro groups is 1. The lowest BCUT2D eigenvalue weighted by molar-refractivity contribution is -0.384. The standard InChI is InChI=1S/C15H15BrN2O3/c16-15-7-14(18(20)21)6-5-13(15)9-17-8-11-1-3-12(10-19)4-2-11/h1-7,17,19H,8-10H2. The van der Waals surface area contributed by atoms with Crippen molar-refractivity contribution < 1.29 is 10.0 Å². The van der Waals surface area contributed by atoms with Crippen LogP contribution in [-0.4, -0.2) is 10.0 Å². The average Bonchev–Trinajstić information content (AvgIpc) is 2.49. The molecule has 5 nitrogen and oxygen atoms in total. The first-order chi connectivity index (χ1) is 10.1. The quantitative estimate of drug-likeness (QED) is 0.619. The zero-order valence-electron chi connectivity index (χ0n) is 11.3. The van der Waals surface area contributed by atoms with Crippen molar-refractivity contribution >= 4 is 21.6 Å². The van der Waals surface area contributed by atoms with E-state index in [1.807, 2.05) is 24.3 Å². The highest BCUT2D eigenvalue weighted by Crippen LogP contribution is 2.22. The van der Waals surface area contributed by atoms with Gasteiger partial charge in [-0.1, -0.05) is 40.2 Å². The van der Waals surface area contributed by atoms with Crippen molar-refractivity contribution in [3.05, 3.63) is 73.7 Å². The largest absolute Gasteiger partial charge is 0.392 e. The summed E-state index contributed by atoms with van der Waals surface area (Å²) < 4.78 is 0.722. The van der Waals surface area contributed by atoms with Crippen molar-refractivity contribution in [2.45, 2.75) is 19.7 Å². The minimum atomic E-state index is -0.412. The molecule has 0 aromatic heterocycles. The summed E-state index contributed by atoms with van der Waals surface area (Å²) in [6.07, 6.45) is 0. The molecule has 0 heterocycles. The van der Waals surface area contributed by atoms with Gasteiger partial charge in [-0.2, -0.15) is 0 Å². The molecule has 0 fully saturated rings. The van der Waals surface area contributed by atoms with Crippen LogP contribution in [0.1, 0.15) is 16.7 Å². The second-order valence-corrected chi connectivity index (χ2v) is 5.47. The molecule has 0 spiro atoms. The summed E-state index contributed by atoms with van der Waals surface area (Å²) in [5, 5.41) is 22.9. The lowest BCUT2D eigenvalue weighted by Gasteiger charge is -2.07. The topological polar surface area (TPSA) is 75.4 Å². The lowest BCUT2D eigenvalue weighted by atomic mass is 10.1. The van der Waals surface area contributed by atoms with E-state index in [0.717, 1.165) is 21.2 Å². The Balaban J connectivity index is 1.92. The summed E-state index contributed by atoms with van der Waals surface area (Å²) in [5.41, 5.74) is 3.04. The highest BCUT2D eigenvalue weighted by Gasteiger charge is 2.08. The van der Waals surface area contributed by atoms with E-state index in [-0.39, 0.29) is 12.3 Å². The van der Waals surface area contributed by atoms with Crippen molar-refractivity contribution in [1.29, 1.82) is 0 Å². The smallest absolute Gasteiger partial charge is 0.270 e. The summed E-state index contributed by atoms with van der Waals surface area (Å²) in [5.74, 6) is 0. The molecule has 2 rings (SSSR count). The van der Waals surface area contributed by atoms with E-state index in [9.17, 15) is 10.1 Å². The van der Waals surface area contributed by atoms with Crippen LogP contribution in [0.2, 0.25) is 0 Å². The Hall–Kier alpha value is -1.76. The van der Waals surface area contributed by atoms with Crippen LogP contribution < -0.4 is 5.32 Å². The molecule has 0 aliphatic carbocycles. The number of nitrogens with zero attached hydrogens (tertiary/aromatic N) is 1. The monoisotopic (exact) mass is 350 g/mol.